The zero-order chi connectivity index (χ0) is 36.8. The number of halogens is 2. The van der Waals surface area contributed by atoms with Gasteiger partial charge in [-0.25, -0.2) is 18.4 Å². The van der Waals surface area contributed by atoms with E-state index in [2.05, 4.69) is 20.7 Å². The fraction of sp³-hybridized carbons (Fsp3) is 0.375. The molecule has 0 fully saturated rings. The van der Waals surface area contributed by atoms with E-state index in [4.69, 9.17) is 9.47 Å². The van der Waals surface area contributed by atoms with Crippen LogP contribution >= 0.6 is 23.5 Å². The van der Waals surface area contributed by atoms with Crippen molar-refractivity contribution in [2.45, 2.75) is 74.0 Å². The number of nitrogens with zero attached hydrogens (tertiary/aromatic N) is 4. The molecule has 0 saturated heterocycles. The number of aryl methyl sites for hydroxylation is 1. The van der Waals surface area contributed by atoms with Gasteiger partial charge in [0.15, 0.2) is 11.4 Å². The Kier molecular flexibility index (Phi) is 16.5. The van der Waals surface area contributed by atoms with Gasteiger partial charge in [0.25, 0.3) is 0 Å². The summed E-state index contributed by atoms with van der Waals surface area (Å²) < 4.78 is 39.7. The Morgan fingerprint density at radius 1 is 0.760 bits per heavy atom. The molecule has 2 aromatic heterocycles. The third-order valence-electron chi connectivity index (χ3n) is 6.76. The summed E-state index contributed by atoms with van der Waals surface area (Å²) in [5.74, 6) is -1.57. The molecule has 4 aromatic rings. The van der Waals surface area contributed by atoms with Crippen LogP contribution in [0, 0.1) is 25.5 Å². The van der Waals surface area contributed by atoms with E-state index in [0.717, 1.165) is 15.5 Å². The summed E-state index contributed by atoms with van der Waals surface area (Å²) in [7, 11) is -1.26. The van der Waals surface area contributed by atoms with Gasteiger partial charge in [0, 0.05) is 22.9 Å². The van der Waals surface area contributed by atoms with Crippen molar-refractivity contribution < 1.29 is 37.9 Å². The number of nitrogens with one attached hydrogen (secondary N) is 2. The molecule has 0 aliphatic carbocycles. The van der Waals surface area contributed by atoms with Crippen LogP contribution in [0.1, 0.15) is 46.2 Å². The minimum atomic E-state index is -0.643. The zero-order valence-corrected chi connectivity index (χ0v) is 30.5. The van der Waals surface area contributed by atoms with Gasteiger partial charge in [-0.15, -0.1) is 0 Å². The first-order valence-electron chi connectivity index (χ1n) is 16.0. The Balaban J connectivity index is 0.000000270. The van der Waals surface area contributed by atoms with Crippen LogP contribution in [0.3, 0.4) is 0 Å². The molecule has 0 bridgehead atoms. The molecule has 12 nitrogen and oxygen atoms in total. The van der Waals surface area contributed by atoms with Crippen molar-refractivity contribution in [2.24, 2.45) is 0 Å². The minimum Gasteiger partial charge on any atom is -0.461 e. The Labute approximate surface area is 300 Å². The highest BCUT2D eigenvalue weighted by Crippen LogP contribution is 2.35. The van der Waals surface area contributed by atoms with Gasteiger partial charge in [-0.2, -0.15) is 10.2 Å². The molecule has 50 heavy (non-hydrogen) atoms. The van der Waals surface area contributed by atoms with Crippen LogP contribution in [0.4, 0.5) is 8.78 Å². The molecule has 0 aliphatic heterocycles. The van der Waals surface area contributed by atoms with Gasteiger partial charge < -0.3 is 30.0 Å². The summed E-state index contributed by atoms with van der Waals surface area (Å²) in [6, 6.07) is 12.1. The maximum absolute atomic E-state index is 13.1. The number of carbonyl (C=O) groups excluding carboxylic acids is 2. The largest absolute Gasteiger partial charge is 0.461 e. The third-order valence-corrected chi connectivity index (χ3v) is 9.16. The van der Waals surface area contributed by atoms with Crippen LogP contribution in [0.15, 0.2) is 68.1 Å². The van der Waals surface area contributed by atoms with Gasteiger partial charge in [0.1, 0.15) is 11.6 Å². The number of hydrogen-bond acceptors (Lipinski definition) is 12. The molecule has 0 radical (unpaired) electrons. The second kappa shape index (κ2) is 20.2. The van der Waals surface area contributed by atoms with Crippen molar-refractivity contribution in [1.82, 2.24) is 30.0 Å². The highest BCUT2D eigenvalue weighted by molar-refractivity contribution is 7.99. The van der Waals surface area contributed by atoms with Gasteiger partial charge in [0.05, 0.1) is 47.5 Å². The van der Waals surface area contributed by atoms with Gasteiger partial charge in [-0.3, -0.25) is 9.36 Å². The first-order chi connectivity index (χ1) is 23.8. The van der Waals surface area contributed by atoms with Crippen LogP contribution < -0.4 is 10.5 Å². The van der Waals surface area contributed by atoms with E-state index in [1.54, 1.807) is 61.1 Å². The fourth-order valence-electron chi connectivity index (χ4n) is 4.45. The molecular formula is C32H42B2F2N6O6S2. The summed E-state index contributed by atoms with van der Waals surface area (Å²) in [5, 5.41) is 33.1. The molecule has 0 unspecified atom stereocenters. The number of rotatable bonds is 16. The van der Waals surface area contributed by atoms with Crippen LogP contribution in [-0.4, -0.2) is 82.0 Å². The number of ether oxygens (including phenoxy) is 2. The SMILES string of the molecule is CCOC(=O)c1c(Sc2ccc(F)cc2)c(C)nn1CCNB(C)O.CCOC(=O)c1nn(CCNB(C)O)c(C)c1Sc1ccc(F)cc1. The lowest BCUT2D eigenvalue weighted by Crippen LogP contribution is -2.34. The average Bonchev–Trinajstić information content (AvgIpc) is 3.54. The van der Waals surface area contributed by atoms with Gasteiger partial charge in [0.2, 0.25) is 0 Å². The fourth-order valence-corrected chi connectivity index (χ4v) is 6.41. The van der Waals surface area contributed by atoms with E-state index in [1.165, 1.54) is 47.8 Å². The lowest BCUT2D eigenvalue weighted by atomic mass is 9.89. The van der Waals surface area contributed by atoms with Gasteiger partial charge in [-0.1, -0.05) is 23.5 Å². The van der Waals surface area contributed by atoms with E-state index >= 15 is 0 Å². The molecule has 0 aliphatic rings. The van der Waals surface area contributed by atoms with E-state index < -0.39 is 26.0 Å². The summed E-state index contributed by atoms with van der Waals surface area (Å²) >= 11 is 2.69. The smallest absolute Gasteiger partial charge is 0.373 e. The molecule has 4 rings (SSSR count). The second-order valence-corrected chi connectivity index (χ2v) is 13.0. The van der Waals surface area contributed by atoms with Crippen LogP contribution in [0.5, 0.6) is 0 Å². The van der Waals surface area contributed by atoms with Crippen molar-refractivity contribution in [3.05, 3.63) is 82.9 Å². The molecule has 0 saturated carbocycles. The number of hydrogen-bond donors (Lipinski definition) is 4. The predicted molar refractivity (Wildman–Crippen MR) is 191 cm³/mol. The predicted octanol–water partition coefficient (Wildman–Crippen LogP) is 4.72. The van der Waals surface area contributed by atoms with Gasteiger partial charge >= 0.3 is 26.0 Å². The maximum Gasteiger partial charge on any atom is 0.373 e. The number of esters is 2. The maximum atomic E-state index is 13.1. The van der Waals surface area contributed by atoms with E-state index in [-0.39, 0.29) is 30.5 Å². The van der Waals surface area contributed by atoms with Crippen molar-refractivity contribution in [1.29, 1.82) is 0 Å². The molecule has 2 heterocycles. The Hall–Kier alpha value is -3.67. The van der Waals surface area contributed by atoms with Crippen molar-refractivity contribution in [2.75, 3.05) is 26.3 Å². The van der Waals surface area contributed by atoms with E-state index in [0.29, 0.717) is 47.4 Å². The Bertz CT molecular complexity index is 1650. The Morgan fingerprint density at radius 3 is 1.70 bits per heavy atom. The number of benzene rings is 2. The third kappa shape index (κ3) is 12.3. The zero-order valence-electron chi connectivity index (χ0n) is 28.9. The highest BCUT2D eigenvalue weighted by Gasteiger charge is 2.25. The number of aromatic nitrogens is 4. The molecule has 4 N–H and O–H groups in total. The average molecular weight is 730 g/mol. The molecule has 18 heteroatoms. The monoisotopic (exact) mass is 730 g/mol. The lowest BCUT2D eigenvalue weighted by molar-refractivity contribution is 0.0501. The molecular weight excluding hydrogens is 688 g/mol. The van der Waals surface area contributed by atoms with Crippen LogP contribution in [0.25, 0.3) is 0 Å². The summed E-state index contributed by atoms with van der Waals surface area (Å²) in [6.07, 6.45) is 0. The second-order valence-electron chi connectivity index (χ2n) is 10.8. The molecule has 0 spiro atoms. The molecule has 0 amide bonds. The van der Waals surface area contributed by atoms with Crippen LogP contribution in [0.2, 0.25) is 13.6 Å². The summed E-state index contributed by atoms with van der Waals surface area (Å²) in [5.41, 5.74) is 2.10. The molecule has 0 atom stereocenters. The highest BCUT2D eigenvalue weighted by atomic mass is 32.2. The normalized spacial score (nSPS) is 10.8. The molecule has 268 valence electrons. The quantitative estimate of drug-likeness (QED) is 0.0933. The van der Waals surface area contributed by atoms with Crippen molar-refractivity contribution in [3.8, 4) is 0 Å². The molecule has 2 aromatic carbocycles. The van der Waals surface area contributed by atoms with E-state index in [1.807, 2.05) is 13.8 Å². The Morgan fingerprint density at radius 2 is 1.22 bits per heavy atom. The first-order valence-corrected chi connectivity index (χ1v) is 17.7. The van der Waals surface area contributed by atoms with Gasteiger partial charge in [-0.05, 0) is 89.9 Å². The number of carbonyl (C=O) groups is 2. The summed E-state index contributed by atoms with van der Waals surface area (Å²) in [4.78, 5) is 27.6. The minimum absolute atomic E-state index is 0.241. The standard InChI is InChI=1S/2C16H21BFN3O3S/c1-4-24-16(22)14-15(25-13-7-5-12(18)6-8-13)11(2)21(20-14)10-9-19-17(3)23;1-4-24-16(22)14-15(25-13-7-5-12(18)6-8-13)11(2)20-21(14)10-9-19-17(3)23/h2*5-8,19,23H,4,9-10H2,1-3H3. The van der Waals surface area contributed by atoms with Crippen LogP contribution in [-0.2, 0) is 22.6 Å². The lowest BCUT2D eigenvalue weighted by Gasteiger charge is -2.10. The van der Waals surface area contributed by atoms with Crippen molar-refractivity contribution in [3.63, 3.8) is 0 Å². The topological polar surface area (TPSA) is 153 Å². The first kappa shape index (κ1) is 40.8. The summed E-state index contributed by atoms with van der Waals surface area (Å²) in [6.45, 7) is 12.8. The van der Waals surface area contributed by atoms with Crippen molar-refractivity contribution >= 4 is 49.6 Å². The van der Waals surface area contributed by atoms with E-state index in [9.17, 15) is 28.4 Å².